The summed E-state index contributed by atoms with van der Waals surface area (Å²) in [5.74, 6) is 0.188. The van der Waals surface area contributed by atoms with Gasteiger partial charge in [0.05, 0.1) is 4.90 Å². The predicted octanol–water partition coefficient (Wildman–Crippen LogP) is 2.73. The van der Waals surface area contributed by atoms with Gasteiger partial charge in [-0.15, -0.1) is 0 Å². The summed E-state index contributed by atoms with van der Waals surface area (Å²) in [5.41, 5.74) is 0.0454. The van der Waals surface area contributed by atoms with Crippen LogP contribution in [0.3, 0.4) is 0 Å². The monoisotopic (exact) mass is 396 g/mol. The lowest BCUT2D eigenvalue weighted by molar-refractivity contribution is 0.0327. The fourth-order valence-electron chi connectivity index (χ4n) is 4.97. The summed E-state index contributed by atoms with van der Waals surface area (Å²) >= 11 is 0. The molecule has 0 N–H and O–H groups in total. The van der Waals surface area contributed by atoms with E-state index in [0.717, 1.165) is 71.0 Å². The van der Waals surface area contributed by atoms with Gasteiger partial charge in [0, 0.05) is 39.4 Å². The average molecular weight is 397 g/mol. The zero-order valence-electron chi connectivity index (χ0n) is 15.8. The van der Waals surface area contributed by atoms with Crippen molar-refractivity contribution in [1.82, 2.24) is 9.21 Å². The number of nitrogens with zero attached hydrogens (tertiary/aromatic N) is 2. The standard InChI is InChI=1S/C20H29FN2O3S/c21-18-3-1-4-19(13-18)27(24,25)23-10-8-20(16-23)7-2-9-22(15-20)14-17-5-11-26-12-6-17/h1,3-4,13,17H,2,5-12,14-16H2/t20-/m0/s1. The molecule has 3 saturated heterocycles. The van der Waals surface area contributed by atoms with Crippen LogP contribution in [0.2, 0.25) is 0 Å². The molecule has 1 aromatic carbocycles. The van der Waals surface area contributed by atoms with Gasteiger partial charge in [-0.2, -0.15) is 4.31 Å². The van der Waals surface area contributed by atoms with Crippen molar-refractivity contribution in [1.29, 1.82) is 0 Å². The van der Waals surface area contributed by atoms with Crippen LogP contribution >= 0.6 is 0 Å². The first-order valence-corrected chi connectivity index (χ1v) is 11.5. The van der Waals surface area contributed by atoms with E-state index in [2.05, 4.69) is 4.90 Å². The van der Waals surface area contributed by atoms with Crippen molar-refractivity contribution >= 4 is 10.0 Å². The Kier molecular flexibility index (Phi) is 5.56. The van der Waals surface area contributed by atoms with Gasteiger partial charge in [-0.1, -0.05) is 6.07 Å². The van der Waals surface area contributed by atoms with E-state index >= 15 is 0 Å². The van der Waals surface area contributed by atoms with Crippen LogP contribution in [0, 0.1) is 17.2 Å². The first-order chi connectivity index (χ1) is 13.0. The molecule has 0 bridgehead atoms. The van der Waals surface area contributed by atoms with E-state index in [1.54, 1.807) is 4.31 Å². The van der Waals surface area contributed by atoms with Crippen molar-refractivity contribution in [3.63, 3.8) is 0 Å². The van der Waals surface area contributed by atoms with Gasteiger partial charge in [-0.05, 0) is 68.2 Å². The Morgan fingerprint density at radius 1 is 1.15 bits per heavy atom. The number of halogens is 1. The summed E-state index contributed by atoms with van der Waals surface area (Å²) < 4.78 is 46.4. The SMILES string of the molecule is O=S(=O)(c1cccc(F)c1)N1CC[C@]2(CCCN(CC3CCOCC3)C2)C1. The second kappa shape index (κ2) is 7.78. The van der Waals surface area contributed by atoms with Gasteiger partial charge in [0.2, 0.25) is 10.0 Å². The van der Waals surface area contributed by atoms with Crippen LogP contribution in [-0.4, -0.2) is 63.6 Å². The fraction of sp³-hybridized carbons (Fsp3) is 0.700. The predicted molar refractivity (Wildman–Crippen MR) is 101 cm³/mol. The van der Waals surface area contributed by atoms with Crippen LogP contribution in [0.4, 0.5) is 4.39 Å². The lowest BCUT2D eigenvalue weighted by Crippen LogP contribution is -2.47. The highest BCUT2D eigenvalue weighted by Gasteiger charge is 2.45. The van der Waals surface area contributed by atoms with Gasteiger partial charge < -0.3 is 9.64 Å². The third kappa shape index (κ3) is 4.21. The van der Waals surface area contributed by atoms with E-state index in [9.17, 15) is 12.8 Å². The summed E-state index contributed by atoms with van der Waals surface area (Å²) in [7, 11) is -3.62. The van der Waals surface area contributed by atoms with E-state index in [1.807, 2.05) is 0 Å². The number of sulfonamides is 1. The number of hydrogen-bond acceptors (Lipinski definition) is 4. The molecule has 0 unspecified atom stereocenters. The van der Waals surface area contributed by atoms with Gasteiger partial charge in [-0.25, -0.2) is 12.8 Å². The smallest absolute Gasteiger partial charge is 0.243 e. The number of ether oxygens (including phenoxy) is 1. The Labute approximate surface area is 161 Å². The van der Waals surface area contributed by atoms with Crippen molar-refractivity contribution in [3.8, 4) is 0 Å². The summed E-state index contributed by atoms with van der Waals surface area (Å²) in [6.45, 7) is 5.99. The molecule has 3 heterocycles. The molecule has 1 atom stereocenters. The normalized spacial score (nSPS) is 28.8. The van der Waals surface area contributed by atoms with Crippen LogP contribution in [0.1, 0.15) is 32.1 Å². The second-order valence-electron chi connectivity index (χ2n) is 8.44. The zero-order valence-corrected chi connectivity index (χ0v) is 16.6. The Hall–Kier alpha value is -1.02. The van der Waals surface area contributed by atoms with Crippen LogP contribution in [0.5, 0.6) is 0 Å². The van der Waals surface area contributed by atoms with Crippen molar-refractivity contribution in [3.05, 3.63) is 30.1 Å². The molecular formula is C20H29FN2O3S. The molecule has 1 spiro atoms. The van der Waals surface area contributed by atoms with E-state index in [-0.39, 0.29) is 10.3 Å². The van der Waals surface area contributed by atoms with Gasteiger partial charge in [-0.3, -0.25) is 0 Å². The molecule has 150 valence electrons. The zero-order chi connectivity index (χ0) is 18.9. The molecule has 1 aromatic rings. The molecule has 27 heavy (non-hydrogen) atoms. The Morgan fingerprint density at radius 3 is 2.74 bits per heavy atom. The van der Waals surface area contributed by atoms with E-state index in [1.165, 1.54) is 18.2 Å². The lowest BCUT2D eigenvalue weighted by atomic mass is 9.79. The number of piperidine rings is 1. The van der Waals surface area contributed by atoms with Crippen LogP contribution in [-0.2, 0) is 14.8 Å². The Morgan fingerprint density at radius 2 is 1.96 bits per heavy atom. The first-order valence-electron chi connectivity index (χ1n) is 10.0. The summed E-state index contributed by atoms with van der Waals surface area (Å²) in [6.07, 6.45) is 5.35. The quantitative estimate of drug-likeness (QED) is 0.785. The molecule has 0 aromatic heterocycles. The molecule has 5 nitrogen and oxygen atoms in total. The highest BCUT2D eigenvalue weighted by molar-refractivity contribution is 7.89. The number of likely N-dealkylation sites (tertiary alicyclic amines) is 1. The van der Waals surface area contributed by atoms with Gasteiger partial charge in [0.25, 0.3) is 0 Å². The topological polar surface area (TPSA) is 49.9 Å². The third-order valence-electron chi connectivity index (χ3n) is 6.43. The molecule has 7 heteroatoms. The largest absolute Gasteiger partial charge is 0.381 e. The molecule has 0 aliphatic carbocycles. The van der Waals surface area contributed by atoms with Crippen molar-refractivity contribution in [2.45, 2.75) is 37.0 Å². The first kappa shape index (κ1) is 19.3. The maximum absolute atomic E-state index is 13.5. The van der Waals surface area contributed by atoms with Crippen molar-refractivity contribution in [2.24, 2.45) is 11.3 Å². The van der Waals surface area contributed by atoms with Gasteiger partial charge >= 0.3 is 0 Å². The summed E-state index contributed by atoms with van der Waals surface area (Å²) in [6, 6.07) is 5.35. The third-order valence-corrected chi connectivity index (χ3v) is 8.28. The Bertz CT molecular complexity index is 766. The van der Waals surface area contributed by atoms with Crippen LogP contribution in [0.25, 0.3) is 0 Å². The van der Waals surface area contributed by atoms with Gasteiger partial charge in [0.1, 0.15) is 5.82 Å². The maximum Gasteiger partial charge on any atom is 0.243 e. The molecule has 3 fully saturated rings. The molecule has 3 aliphatic rings. The minimum absolute atomic E-state index is 0.0454. The molecule has 0 radical (unpaired) electrons. The minimum atomic E-state index is -3.62. The maximum atomic E-state index is 13.5. The van der Waals surface area contributed by atoms with Crippen LogP contribution < -0.4 is 0 Å². The fourth-order valence-corrected chi connectivity index (χ4v) is 6.55. The lowest BCUT2D eigenvalue weighted by Gasteiger charge is -2.42. The summed E-state index contributed by atoms with van der Waals surface area (Å²) in [4.78, 5) is 2.60. The highest BCUT2D eigenvalue weighted by atomic mass is 32.2. The molecule has 0 amide bonds. The van der Waals surface area contributed by atoms with Crippen LogP contribution in [0.15, 0.2) is 29.2 Å². The number of hydrogen-bond donors (Lipinski definition) is 0. The molecular weight excluding hydrogens is 367 g/mol. The summed E-state index contributed by atoms with van der Waals surface area (Å²) in [5, 5.41) is 0. The highest BCUT2D eigenvalue weighted by Crippen LogP contribution is 2.41. The second-order valence-corrected chi connectivity index (χ2v) is 10.4. The number of benzene rings is 1. The molecule has 4 rings (SSSR count). The number of rotatable bonds is 4. The molecule has 0 saturated carbocycles. The Balaban J connectivity index is 1.43. The van der Waals surface area contributed by atoms with E-state index in [4.69, 9.17) is 4.74 Å². The average Bonchev–Trinajstić information content (AvgIpc) is 3.06. The van der Waals surface area contributed by atoms with Crippen molar-refractivity contribution in [2.75, 3.05) is 45.9 Å². The minimum Gasteiger partial charge on any atom is -0.381 e. The van der Waals surface area contributed by atoms with E-state index < -0.39 is 15.8 Å². The van der Waals surface area contributed by atoms with Gasteiger partial charge in [0.15, 0.2) is 0 Å². The molecule has 3 aliphatic heterocycles. The van der Waals surface area contributed by atoms with Crippen molar-refractivity contribution < 1.29 is 17.5 Å². The van der Waals surface area contributed by atoms with E-state index in [0.29, 0.717) is 19.0 Å².